The summed E-state index contributed by atoms with van der Waals surface area (Å²) in [4.78, 5) is 12.7. The molecule has 2 aromatic carbocycles. The molecule has 7 heteroatoms. The molecule has 1 N–H and O–H groups in total. The minimum atomic E-state index is -0.522. The third-order valence-corrected chi connectivity index (χ3v) is 3.84. The van der Waals surface area contributed by atoms with Gasteiger partial charge in [-0.25, -0.2) is 4.68 Å². The highest BCUT2D eigenvalue weighted by molar-refractivity contribution is 9.10. The number of carbonyl (C=O) groups excluding carboxylic acids is 1. The fourth-order valence-electron chi connectivity index (χ4n) is 2.25. The van der Waals surface area contributed by atoms with Gasteiger partial charge in [0.2, 0.25) is 5.91 Å². The van der Waals surface area contributed by atoms with Crippen molar-refractivity contribution in [1.29, 1.82) is 0 Å². The van der Waals surface area contributed by atoms with E-state index < -0.39 is 6.04 Å². The van der Waals surface area contributed by atoms with E-state index in [0.717, 1.165) is 15.7 Å². The largest absolute Gasteiger partial charge is 0.324 e. The van der Waals surface area contributed by atoms with Crippen LogP contribution in [0.5, 0.6) is 0 Å². The first kappa shape index (κ1) is 15.4. The second kappa shape index (κ2) is 7.15. The van der Waals surface area contributed by atoms with Crippen LogP contribution in [0.3, 0.4) is 0 Å². The molecule has 0 aliphatic heterocycles. The zero-order chi connectivity index (χ0) is 16.1. The highest BCUT2D eigenvalue weighted by atomic mass is 79.9. The molecule has 23 heavy (non-hydrogen) atoms. The number of benzene rings is 2. The summed E-state index contributed by atoms with van der Waals surface area (Å²) < 4.78 is 2.37. The Morgan fingerprint density at radius 2 is 2.00 bits per heavy atom. The fourth-order valence-corrected chi connectivity index (χ4v) is 2.65. The minimum Gasteiger partial charge on any atom is -0.324 e. The SMILES string of the molecule is O=C(Nc1cccc(Br)c1)C(Cc1ccccc1)n1cnnn1. The van der Waals surface area contributed by atoms with E-state index in [1.807, 2.05) is 54.6 Å². The number of amides is 1. The molecule has 1 aromatic heterocycles. The lowest BCUT2D eigenvalue weighted by Gasteiger charge is -2.16. The second-order valence-electron chi connectivity index (χ2n) is 4.99. The third-order valence-electron chi connectivity index (χ3n) is 3.35. The maximum absolute atomic E-state index is 12.7. The van der Waals surface area contributed by atoms with E-state index in [0.29, 0.717) is 6.42 Å². The summed E-state index contributed by atoms with van der Waals surface area (Å²) in [6.07, 6.45) is 1.96. The van der Waals surface area contributed by atoms with Crippen LogP contribution in [0.1, 0.15) is 11.6 Å². The van der Waals surface area contributed by atoms with E-state index in [-0.39, 0.29) is 5.91 Å². The van der Waals surface area contributed by atoms with Gasteiger partial charge in [0.25, 0.3) is 0 Å². The summed E-state index contributed by atoms with van der Waals surface area (Å²) in [6, 6.07) is 16.7. The van der Waals surface area contributed by atoms with Crippen molar-refractivity contribution in [2.45, 2.75) is 12.5 Å². The van der Waals surface area contributed by atoms with E-state index in [9.17, 15) is 4.79 Å². The molecule has 0 aliphatic rings. The molecule has 1 unspecified atom stereocenters. The number of anilines is 1. The molecule has 0 bridgehead atoms. The van der Waals surface area contributed by atoms with Gasteiger partial charge in [0.15, 0.2) is 0 Å². The lowest BCUT2D eigenvalue weighted by Crippen LogP contribution is -2.28. The summed E-state index contributed by atoms with van der Waals surface area (Å²) in [7, 11) is 0. The van der Waals surface area contributed by atoms with Crippen molar-refractivity contribution in [2.24, 2.45) is 0 Å². The molecule has 0 spiro atoms. The Hall–Kier alpha value is -2.54. The molecule has 3 aromatic rings. The van der Waals surface area contributed by atoms with Crippen molar-refractivity contribution < 1.29 is 4.79 Å². The molecule has 0 saturated heterocycles. The zero-order valence-electron chi connectivity index (χ0n) is 12.1. The van der Waals surface area contributed by atoms with Gasteiger partial charge < -0.3 is 5.32 Å². The number of nitrogens with one attached hydrogen (secondary N) is 1. The quantitative estimate of drug-likeness (QED) is 0.748. The average Bonchev–Trinajstić information content (AvgIpc) is 3.07. The predicted molar refractivity (Wildman–Crippen MR) is 89.8 cm³/mol. The van der Waals surface area contributed by atoms with Gasteiger partial charge in [-0.15, -0.1) is 5.10 Å². The van der Waals surface area contributed by atoms with Crippen LogP contribution in [0.2, 0.25) is 0 Å². The second-order valence-corrected chi connectivity index (χ2v) is 5.91. The minimum absolute atomic E-state index is 0.167. The molecule has 1 amide bonds. The molecule has 0 fully saturated rings. The van der Waals surface area contributed by atoms with Crippen molar-refractivity contribution in [1.82, 2.24) is 20.2 Å². The molecule has 116 valence electrons. The average molecular weight is 372 g/mol. The van der Waals surface area contributed by atoms with Crippen LogP contribution >= 0.6 is 15.9 Å². The van der Waals surface area contributed by atoms with Gasteiger partial charge in [-0.1, -0.05) is 52.3 Å². The van der Waals surface area contributed by atoms with Crippen LogP contribution in [0.15, 0.2) is 65.4 Å². The Morgan fingerprint density at radius 3 is 2.70 bits per heavy atom. The number of nitrogens with zero attached hydrogens (tertiary/aromatic N) is 4. The molecule has 0 radical (unpaired) electrons. The Morgan fingerprint density at radius 1 is 1.17 bits per heavy atom. The zero-order valence-corrected chi connectivity index (χ0v) is 13.7. The van der Waals surface area contributed by atoms with Crippen molar-refractivity contribution >= 4 is 27.5 Å². The summed E-state index contributed by atoms with van der Waals surface area (Å²) in [5, 5.41) is 14.1. The van der Waals surface area contributed by atoms with Crippen molar-refractivity contribution in [3.05, 3.63) is 71.0 Å². The van der Waals surface area contributed by atoms with Gasteiger partial charge in [0.05, 0.1) is 0 Å². The first-order valence-corrected chi connectivity index (χ1v) is 7.84. The lowest BCUT2D eigenvalue weighted by atomic mass is 10.1. The van der Waals surface area contributed by atoms with Gasteiger partial charge in [-0.05, 0) is 34.2 Å². The van der Waals surface area contributed by atoms with E-state index in [4.69, 9.17) is 0 Å². The number of aromatic nitrogens is 4. The highest BCUT2D eigenvalue weighted by Gasteiger charge is 2.22. The Bertz CT molecular complexity index is 776. The molecular formula is C16H14BrN5O. The first-order chi connectivity index (χ1) is 11.2. The van der Waals surface area contributed by atoms with Crippen LogP contribution in [0.25, 0.3) is 0 Å². The van der Waals surface area contributed by atoms with Gasteiger partial charge in [-0.2, -0.15) is 0 Å². The standard InChI is InChI=1S/C16H14BrN5O/c17-13-7-4-8-14(10-13)19-16(23)15(22-11-18-20-21-22)9-12-5-2-1-3-6-12/h1-8,10-11,15H,9H2,(H,19,23). The molecule has 0 aliphatic carbocycles. The van der Waals surface area contributed by atoms with Gasteiger partial charge >= 0.3 is 0 Å². The normalized spacial score (nSPS) is 11.9. The van der Waals surface area contributed by atoms with Crippen LogP contribution in [-0.4, -0.2) is 26.1 Å². The smallest absolute Gasteiger partial charge is 0.249 e. The maximum atomic E-state index is 12.7. The van der Waals surface area contributed by atoms with Gasteiger partial charge in [0.1, 0.15) is 12.4 Å². The van der Waals surface area contributed by atoms with E-state index in [2.05, 4.69) is 36.8 Å². The number of hydrogen-bond acceptors (Lipinski definition) is 4. The third kappa shape index (κ3) is 4.01. The Balaban J connectivity index is 1.82. The monoisotopic (exact) mass is 371 g/mol. The maximum Gasteiger partial charge on any atom is 0.249 e. The Kier molecular flexibility index (Phi) is 4.77. The molecule has 0 saturated carbocycles. The summed E-state index contributed by atoms with van der Waals surface area (Å²) in [5.41, 5.74) is 1.76. The number of halogens is 1. The van der Waals surface area contributed by atoms with Crippen molar-refractivity contribution in [3.63, 3.8) is 0 Å². The molecular weight excluding hydrogens is 358 g/mol. The molecule has 6 nitrogen and oxygen atoms in total. The fraction of sp³-hybridized carbons (Fsp3) is 0.125. The Labute approximate surface area is 141 Å². The molecule has 3 rings (SSSR count). The number of tetrazole rings is 1. The van der Waals surface area contributed by atoms with Crippen LogP contribution in [-0.2, 0) is 11.2 Å². The van der Waals surface area contributed by atoms with Gasteiger partial charge in [0, 0.05) is 16.6 Å². The number of rotatable bonds is 5. The predicted octanol–water partition coefficient (Wildman–Crippen LogP) is 2.86. The van der Waals surface area contributed by atoms with E-state index in [1.165, 1.54) is 11.0 Å². The van der Waals surface area contributed by atoms with E-state index in [1.54, 1.807) is 0 Å². The van der Waals surface area contributed by atoms with E-state index >= 15 is 0 Å². The van der Waals surface area contributed by atoms with Crippen LogP contribution in [0, 0.1) is 0 Å². The lowest BCUT2D eigenvalue weighted by molar-refractivity contribution is -0.119. The highest BCUT2D eigenvalue weighted by Crippen LogP contribution is 2.19. The molecule has 1 heterocycles. The first-order valence-electron chi connectivity index (χ1n) is 7.05. The number of carbonyl (C=O) groups is 1. The van der Waals surface area contributed by atoms with Crippen LogP contribution < -0.4 is 5.32 Å². The summed E-state index contributed by atoms with van der Waals surface area (Å²) >= 11 is 3.39. The number of hydrogen-bond donors (Lipinski definition) is 1. The summed E-state index contributed by atoms with van der Waals surface area (Å²) in [6.45, 7) is 0. The van der Waals surface area contributed by atoms with Crippen molar-refractivity contribution in [3.8, 4) is 0 Å². The van der Waals surface area contributed by atoms with Gasteiger partial charge in [-0.3, -0.25) is 4.79 Å². The van der Waals surface area contributed by atoms with Crippen molar-refractivity contribution in [2.75, 3.05) is 5.32 Å². The molecule has 1 atom stereocenters. The summed E-state index contributed by atoms with van der Waals surface area (Å²) in [5.74, 6) is -0.167. The topological polar surface area (TPSA) is 72.7 Å². The van der Waals surface area contributed by atoms with Crippen LogP contribution in [0.4, 0.5) is 5.69 Å².